The Bertz CT molecular complexity index is 1280. The van der Waals surface area contributed by atoms with Crippen LogP contribution < -0.4 is 16.7 Å². The van der Waals surface area contributed by atoms with Crippen LogP contribution in [0.15, 0.2) is 83.7 Å². The second-order valence-electron chi connectivity index (χ2n) is 8.27. The van der Waals surface area contributed by atoms with E-state index >= 15 is 0 Å². The molecule has 4 rings (SSSR count). The summed E-state index contributed by atoms with van der Waals surface area (Å²) in [5.41, 5.74) is 11.6. The van der Waals surface area contributed by atoms with Crippen LogP contribution in [0.1, 0.15) is 37.2 Å². The lowest BCUT2D eigenvalue weighted by Crippen LogP contribution is -2.38. The average molecular weight is 476 g/mol. The number of nitrogens with one attached hydrogen (secondary N) is 1. The molecule has 176 valence electrons. The van der Waals surface area contributed by atoms with E-state index in [1.54, 1.807) is 22.9 Å². The molecule has 6 nitrogen and oxygen atoms in total. The van der Waals surface area contributed by atoms with Crippen molar-refractivity contribution in [1.82, 2.24) is 14.6 Å². The highest BCUT2D eigenvalue weighted by Gasteiger charge is 2.25. The summed E-state index contributed by atoms with van der Waals surface area (Å²) in [5, 5.41) is 1.07. The fourth-order valence-corrected chi connectivity index (χ4v) is 4.38. The quantitative estimate of drug-likeness (QED) is 0.328. The van der Waals surface area contributed by atoms with Crippen molar-refractivity contribution < 1.29 is 0 Å². The summed E-state index contributed by atoms with van der Waals surface area (Å²) >= 11 is 6.26. The third kappa shape index (κ3) is 5.47. The molecular weight excluding hydrogens is 446 g/mol. The molecule has 34 heavy (non-hydrogen) atoms. The van der Waals surface area contributed by atoms with Gasteiger partial charge in [-0.1, -0.05) is 67.1 Å². The number of hydrogen-bond acceptors (Lipinski definition) is 5. The highest BCUT2D eigenvalue weighted by molar-refractivity contribution is 6.31. The lowest BCUT2D eigenvalue weighted by molar-refractivity contribution is 0.171. The fraction of sp³-hybridized carbons (Fsp3) is 0.259. The van der Waals surface area contributed by atoms with Crippen molar-refractivity contribution in [2.24, 2.45) is 5.73 Å². The summed E-state index contributed by atoms with van der Waals surface area (Å²) in [6.07, 6.45) is 1.62. The van der Waals surface area contributed by atoms with Gasteiger partial charge in [0.05, 0.1) is 22.6 Å². The van der Waals surface area contributed by atoms with Gasteiger partial charge in [-0.25, -0.2) is 9.66 Å². The first-order valence-electron chi connectivity index (χ1n) is 11.6. The minimum atomic E-state index is -0.155. The maximum absolute atomic E-state index is 13.7. The van der Waals surface area contributed by atoms with E-state index in [-0.39, 0.29) is 11.6 Å². The molecule has 1 heterocycles. The number of aromatic nitrogens is 2. The Morgan fingerprint density at radius 2 is 1.76 bits per heavy atom. The normalized spacial score (nSPS) is 12.2. The van der Waals surface area contributed by atoms with Gasteiger partial charge in [0.25, 0.3) is 5.56 Å². The number of nitrogens with zero attached hydrogens (tertiary/aromatic N) is 3. The smallest absolute Gasteiger partial charge is 0.280 e. The van der Waals surface area contributed by atoms with Gasteiger partial charge in [-0.15, -0.1) is 0 Å². The Morgan fingerprint density at radius 1 is 1.06 bits per heavy atom. The highest BCUT2D eigenvalue weighted by Crippen LogP contribution is 2.27. The summed E-state index contributed by atoms with van der Waals surface area (Å²) in [6, 6.07) is 25.1. The monoisotopic (exact) mass is 475 g/mol. The lowest BCUT2D eigenvalue weighted by Gasteiger charge is -2.32. The summed E-state index contributed by atoms with van der Waals surface area (Å²) in [5.74, 6) is 0.652. The molecule has 3 N–H and O–H groups in total. The first kappa shape index (κ1) is 24.0. The molecule has 0 saturated heterocycles. The topological polar surface area (TPSA) is 76.2 Å². The molecule has 4 aromatic rings. The van der Waals surface area contributed by atoms with Crippen molar-refractivity contribution in [3.05, 3.63) is 106 Å². The fourth-order valence-electron chi connectivity index (χ4n) is 4.21. The molecule has 0 aliphatic rings. The van der Waals surface area contributed by atoms with Crippen molar-refractivity contribution >= 4 is 28.2 Å². The zero-order chi connectivity index (χ0) is 23.9. The molecule has 7 heteroatoms. The largest absolute Gasteiger partial charge is 0.330 e. The number of rotatable bonds is 10. The zero-order valence-corrected chi connectivity index (χ0v) is 20.1. The summed E-state index contributed by atoms with van der Waals surface area (Å²) in [6.45, 7) is 4.23. The Morgan fingerprint density at radius 3 is 2.44 bits per heavy atom. The number of fused-ring (bicyclic) bond motifs is 1. The van der Waals surface area contributed by atoms with Crippen LogP contribution in [0.3, 0.4) is 0 Å². The van der Waals surface area contributed by atoms with Crippen molar-refractivity contribution in [2.45, 2.75) is 32.4 Å². The SMILES string of the molecule is CC[C@H](c1nc2cc(Cl)ccc2c(=O)n1Nc1ccccc1)N(CCCN)Cc1ccccc1. The van der Waals surface area contributed by atoms with Crippen LogP contribution in [0.4, 0.5) is 5.69 Å². The molecule has 0 fully saturated rings. The van der Waals surface area contributed by atoms with Gasteiger partial charge in [0, 0.05) is 18.1 Å². The van der Waals surface area contributed by atoms with Crippen LogP contribution >= 0.6 is 11.6 Å². The minimum absolute atomic E-state index is 0.112. The molecule has 0 amide bonds. The standard InChI is InChI=1S/C27H30ClN5O/c1-2-25(32(17-9-16-29)19-20-10-5-3-6-11-20)26-30-24-18-21(28)14-15-23(24)27(34)33(26)31-22-12-7-4-8-13-22/h3-8,10-15,18,25,31H,2,9,16-17,19,29H2,1H3/t25-/m1/s1. The van der Waals surface area contributed by atoms with Gasteiger partial charge in [0.15, 0.2) is 0 Å². The summed E-state index contributed by atoms with van der Waals surface area (Å²) in [4.78, 5) is 21.0. The molecule has 3 aromatic carbocycles. The Labute approximate surface area is 205 Å². The Balaban J connectivity index is 1.85. The molecule has 0 radical (unpaired) electrons. The average Bonchev–Trinajstić information content (AvgIpc) is 2.86. The number of halogens is 1. The van der Waals surface area contributed by atoms with E-state index in [0.29, 0.717) is 28.3 Å². The van der Waals surface area contributed by atoms with Crippen LogP contribution in [0.25, 0.3) is 10.9 Å². The van der Waals surface area contributed by atoms with Crippen LogP contribution in [-0.4, -0.2) is 27.6 Å². The molecular formula is C27H30ClN5O. The number of benzene rings is 3. The van der Waals surface area contributed by atoms with Crippen molar-refractivity contribution in [2.75, 3.05) is 18.5 Å². The van der Waals surface area contributed by atoms with E-state index in [9.17, 15) is 4.79 Å². The molecule has 1 aromatic heterocycles. The summed E-state index contributed by atoms with van der Waals surface area (Å²) in [7, 11) is 0. The molecule has 0 aliphatic heterocycles. The van der Waals surface area contributed by atoms with Crippen LogP contribution in [0, 0.1) is 0 Å². The number of nitrogens with two attached hydrogens (primary N) is 1. The second kappa shape index (κ2) is 11.3. The third-order valence-corrected chi connectivity index (χ3v) is 6.11. The van der Waals surface area contributed by atoms with Crippen molar-refractivity contribution in [1.29, 1.82) is 0 Å². The van der Waals surface area contributed by atoms with Crippen molar-refractivity contribution in [3.63, 3.8) is 0 Å². The zero-order valence-electron chi connectivity index (χ0n) is 19.3. The van der Waals surface area contributed by atoms with E-state index in [2.05, 4.69) is 29.4 Å². The lowest BCUT2D eigenvalue weighted by atomic mass is 10.1. The Hall–Kier alpha value is -3.19. The van der Waals surface area contributed by atoms with Gasteiger partial charge < -0.3 is 5.73 Å². The van der Waals surface area contributed by atoms with E-state index in [4.69, 9.17) is 22.3 Å². The van der Waals surface area contributed by atoms with Gasteiger partial charge in [-0.05, 0) is 55.3 Å². The van der Waals surface area contributed by atoms with E-state index in [1.807, 2.05) is 48.5 Å². The number of hydrogen-bond donors (Lipinski definition) is 2. The van der Waals surface area contributed by atoms with Gasteiger partial charge in [0.2, 0.25) is 0 Å². The maximum Gasteiger partial charge on any atom is 0.280 e. The minimum Gasteiger partial charge on any atom is -0.330 e. The van der Waals surface area contributed by atoms with Crippen LogP contribution in [0.5, 0.6) is 0 Å². The van der Waals surface area contributed by atoms with Crippen LogP contribution in [0.2, 0.25) is 5.02 Å². The van der Waals surface area contributed by atoms with Crippen LogP contribution in [-0.2, 0) is 6.54 Å². The highest BCUT2D eigenvalue weighted by atomic mass is 35.5. The molecule has 0 unspecified atom stereocenters. The molecule has 0 aliphatic carbocycles. The molecule has 0 bridgehead atoms. The molecule has 0 spiro atoms. The second-order valence-corrected chi connectivity index (χ2v) is 8.71. The van der Waals surface area contributed by atoms with Gasteiger partial charge in [-0.3, -0.25) is 15.1 Å². The van der Waals surface area contributed by atoms with E-state index < -0.39 is 0 Å². The van der Waals surface area contributed by atoms with E-state index in [1.165, 1.54) is 5.56 Å². The Kier molecular flexibility index (Phi) is 7.95. The van der Waals surface area contributed by atoms with E-state index in [0.717, 1.165) is 31.6 Å². The summed E-state index contributed by atoms with van der Waals surface area (Å²) < 4.78 is 1.58. The maximum atomic E-state index is 13.7. The predicted octanol–water partition coefficient (Wildman–Crippen LogP) is 5.23. The first-order valence-corrected chi connectivity index (χ1v) is 12.0. The molecule has 1 atom stereocenters. The number of para-hydroxylation sites is 1. The van der Waals surface area contributed by atoms with Crippen molar-refractivity contribution in [3.8, 4) is 0 Å². The predicted molar refractivity (Wildman–Crippen MR) is 140 cm³/mol. The van der Waals surface area contributed by atoms with Gasteiger partial charge >= 0.3 is 0 Å². The van der Waals surface area contributed by atoms with Gasteiger partial charge in [-0.2, -0.15) is 0 Å². The third-order valence-electron chi connectivity index (χ3n) is 5.88. The first-order chi connectivity index (χ1) is 16.6. The number of anilines is 1. The molecule has 0 saturated carbocycles. The van der Waals surface area contributed by atoms with Gasteiger partial charge in [0.1, 0.15) is 5.82 Å².